The molecule has 0 saturated carbocycles. The average molecular weight is 418 g/mol. The number of unbranched alkanes of at least 4 members (excludes halogenated alkanes) is 9. The van der Waals surface area contributed by atoms with Gasteiger partial charge in [0.25, 0.3) is 10.1 Å². The normalized spacial score (nSPS) is 11.8. The Bertz CT molecular complexity index is 471. The Morgan fingerprint density at radius 2 is 1.38 bits per heavy atom. The Morgan fingerprint density at radius 3 is 1.77 bits per heavy atom. The largest absolute Gasteiger partial charge is 1.00 e. The van der Waals surface area contributed by atoms with Crippen molar-refractivity contribution in [3.05, 3.63) is 0 Å². The van der Waals surface area contributed by atoms with E-state index >= 15 is 0 Å². The van der Waals surface area contributed by atoms with Gasteiger partial charge in [-0.2, -0.15) is 8.42 Å². The van der Waals surface area contributed by atoms with E-state index in [2.05, 4.69) is 6.92 Å². The number of hydrogen-bond acceptors (Lipinski definition) is 6. The first-order valence-electron chi connectivity index (χ1n) is 8.61. The van der Waals surface area contributed by atoms with E-state index < -0.39 is 33.7 Å². The molecule has 0 amide bonds. The molecule has 0 fully saturated rings. The van der Waals surface area contributed by atoms with Crippen LogP contribution in [0.5, 0.6) is 0 Å². The van der Waals surface area contributed by atoms with Gasteiger partial charge in [0, 0.05) is 12.4 Å². The number of carboxylic acids is 1. The van der Waals surface area contributed by atoms with Crippen LogP contribution in [0.1, 0.15) is 77.6 Å². The Labute approximate surface area is 189 Å². The van der Waals surface area contributed by atoms with Gasteiger partial charge in [-0.25, -0.2) is 0 Å². The van der Waals surface area contributed by atoms with Gasteiger partial charge in [-0.15, -0.1) is 0 Å². The van der Waals surface area contributed by atoms with Crippen molar-refractivity contribution in [1.82, 2.24) is 0 Å². The molecule has 0 aromatic heterocycles. The average Bonchev–Trinajstić information content (AvgIpc) is 2.48. The van der Waals surface area contributed by atoms with Gasteiger partial charge in [0.2, 0.25) is 0 Å². The molecule has 0 aliphatic carbocycles. The zero-order valence-corrected chi connectivity index (χ0v) is 18.2. The first-order valence-corrected chi connectivity index (χ1v) is 10.1. The van der Waals surface area contributed by atoms with Crippen molar-refractivity contribution in [2.75, 3.05) is 6.61 Å². The smallest absolute Gasteiger partial charge is 0.550 e. The summed E-state index contributed by atoms with van der Waals surface area (Å²) in [6, 6.07) is 0. The van der Waals surface area contributed by atoms with Crippen molar-refractivity contribution >= 4 is 39.4 Å². The Hall–Kier alpha value is 0.382. The Balaban J connectivity index is -0.00000264. The van der Waals surface area contributed by atoms with E-state index in [0.717, 1.165) is 19.3 Å². The minimum atomic E-state index is -4.82. The van der Waals surface area contributed by atoms with Crippen LogP contribution in [0.4, 0.5) is 0 Å². The number of hydrogen-bond donors (Lipinski definition) is 1. The Kier molecular flexibility index (Phi) is 22.4. The summed E-state index contributed by atoms with van der Waals surface area (Å²) < 4.78 is 35.5. The van der Waals surface area contributed by atoms with Crippen molar-refractivity contribution < 1.29 is 62.0 Å². The summed E-state index contributed by atoms with van der Waals surface area (Å²) in [6.45, 7) is 2.19. The van der Waals surface area contributed by atoms with Gasteiger partial charge < -0.3 is 14.6 Å². The molecule has 1 unspecified atom stereocenters. The van der Waals surface area contributed by atoms with Gasteiger partial charge in [-0.1, -0.05) is 64.7 Å². The summed E-state index contributed by atoms with van der Waals surface area (Å²) in [6.07, 6.45) is 9.90. The number of carboxylic acid groups (broad SMARTS) is 1. The molecule has 0 radical (unpaired) electrons. The second kappa shape index (κ2) is 18.7. The van der Waals surface area contributed by atoms with Gasteiger partial charge in [0.15, 0.2) is 22.6 Å². The van der Waals surface area contributed by atoms with Crippen LogP contribution in [-0.4, -0.2) is 54.1 Å². The van der Waals surface area contributed by atoms with Crippen LogP contribution in [0.15, 0.2) is 0 Å². The van der Waals surface area contributed by atoms with Crippen LogP contribution < -0.4 is 34.7 Å². The number of esters is 1. The zero-order chi connectivity index (χ0) is 18.4. The first-order chi connectivity index (χ1) is 11.3. The maximum absolute atomic E-state index is 11.5. The van der Waals surface area contributed by atoms with E-state index in [-0.39, 0.29) is 53.5 Å². The number of carbonyl (C=O) groups is 2. The molecule has 0 aliphatic heterocycles. The summed E-state index contributed by atoms with van der Waals surface area (Å²) in [4.78, 5) is 22.0. The first kappa shape index (κ1) is 31.1. The van der Waals surface area contributed by atoms with Crippen LogP contribution in [-0.2, 0) is 24.4 Å². The number of aliphatic carboxylic acids is 1. The summed E-state index contributed by atoms with van der Waals surface area (Å²) in [5.41, 5.74) is 0. The molecule has 0 heterocycles. The predicted molar refractivity (Wildman–Crippen MR) is 97.7 cm³/mol. The molecule has 0 aromatic rings. The summed E-state index contributed by atoms with van der Waals surface area (Å²) in [5.74, 6) is -2.99. The molecule has 0 aromatic carbocycles. The fourth-order valence-corrected chi connectivity index (χ4v) is 2.97. The van der Waals surface area contributed by atoms with Gasteiger partial charge in [0.05, 0.1) is 6.61 Å². The van der Waals surface area contributed by atoms with Crippen LogP contribution in [0, 0.1) is 0 Å². The van der Waals surface area contributed by atoms with Gasteiger partial charge in [0.1, 0.15) is 0 Å². The molecule has 148 valence electrons. The molecule has 10 heteroatoms. The van der Waals surface area contributed by atoms with Crippen molar-refractivity contribution in [3.8, 4) is 0 Å². The van der Waals surface area contributed by atoms with E-state index in [1.807, 2.05) is 0 Å². The van der Waals surface area contributed by atoms with E-state index in [1.54, 1.807) is 0 Å². The van der Waals surface area contributed by atoms with E-state index in [0.29, 0.717) is 6.42 Å². The fraction of sp³-hybridized carbons (Fsp3) is 0.875. The van der Waals surface area contributed by atoms with E-state index in [1.165, 1.54) is 38.5 Å². The molecular formula is C16H32AlNaO7S. The number of rotatable bonds is 15. The van der Waals surface area contributed by atoms with Crippen LogP contribution in [0.2, 0.25) is 0 Å². The summed E-state index contributed by atoms with van der Waals surface area (Å²) in [7, 11) is -4.82. The third-order valence-electron chi connectivity index (χ3n) is 3.72. The van der Waals surface area contributed by atoms with E-state index in [4.69, 9.17) is 9.29 Å². The monoisotopic (exact) mass is 418 g/mol. The molecule has 1 atom stereocenters. The maximum Gasteiger partial charge on any atom is 1.00 e. The molecule has 0 spiro atoms. The van der Waals surface area contributed by atoms with Crippen molar-refractivity contribution in [1.29, 1.82) is 0 Å². The van der Waals surface area contributed by atoms with Crippen molar-refractivity contribution in [3.63, 3.8) is 0 Å². The maximum atomic E-state index is 11.5. The quantitative estimate of drug-likeness (QED) is 0.137. The SMILES string of the molecule is CCCCCCCCCCCCOC(=O)C(CC(=O)[O-])S(=O)(=O)O.[AlH3].[Na+]. The van der Waals surface area contributed by atoms with Crippen molar-refractivity contribution in [2.45, 2.75) is 82.8 Å². The topological polar surface area (TPSA) is 121 Å². The third-order valence-corrected chi connectivity index (χ3v) is 4.79. The van der Waals surface area contributed by atoms with Gasteiger partial charge in [-0.05, 0) is 6.42 Å². The van der Waals surface area contributed by atoms with Gasteiger partial charge >= 0.3 is 35.5 Å². The van der Waals surface area contributed by atoms with Gasteiger partial charge in [-0.3, -0.25) is 9.35 Å². The molecule has 0 saturated heterocycles. The minimum Gasteiger partial charge on any atom is -0.550 e. The predicted octanol–water partition coefficient (Wildman–Crippen LogP) is -2.33. The fourth-order valence-electron chi connectivity index (χ4n) is 2.32. The Morgan fingerprint density at radius 1 is 0.962 bits per heavy atom. The van der Waals surface area contributed by atoms with Crippen LogP contribution in [0.3, 0.4) is 0 Å². The second-order valence-electron chi connectivity index (χ2n) is 5.93. The zero-order valence-electron chi connectivity index (χ0n) is 15.4. The number of carbonyl (C=O) groups excluding carboxylic acids is 2. The summed E-state index contributed by atoms with van der Waals surface area (Å²) in [5, 5.41) is 8.31. The molecule has 26 heavy (non-hydrogen) atoms. The third kappa shape index (κ3) is 17.8. The molecule has 0 bridgehead atoms. The minimum absolute atomic E-state index is 0. The van der Waals surface area contributed by atoms with E-state index in [9.17, 15) is 23.1 Å². The molecule has 0 aliphatic rings. The molecule has 1 N–H and O–H groups in total. The van der Waals surface area contributed by atoms with Crippen molar-refractivity contribution in [2.24, 2.45) is 0 Å². The van der Waals surface area contributed by atoms with Crippen LogP contribution >= 0.6 is 0 Å². The second-order valence-corrected chi connectivity index (χ2v) is 7.53. The summed E-state index contributed by atoms with van der Waals surface area (Å²) >= 11 is 0. The molecule has 7 nitrogen and oxygen atoms in total. The standard InChI is InChI=1S/C16H30O7S.Al.Na.3H/c1-2-3-4-5-6-7-8-9-10-11-12-23-16(19)14(13-15(17)18)24(20,21)22;;;;;/h14H,2-13H2,1H3,(H,17,18)(H,20,21,22);;;;;/q;;+1;;;/p-1. The number of ether oxygens (including phenoxy) is 1. The molecular weight excluding hydrogens is 386 g/mol. The van der Waals surface area contributed by atoms with Crippen LogP contribution in [0.25, 0.3) is 0 Å². The molecule has 0 rings (SSSR count).